The van der Waals surface area contributed by atoms with Gasteiger partial charge in [0, 0.05) is 19.3 Å². The highest BCUT2D eigenvalue weighted by Crippen LogP contribution is 2.42. The van der Waals surface area contributed by atoms with Crippen LogP contribution in [0.1, 0.15) is 19.0 Å². The first-order valence-electron chi connectivity index (χ1n) is 7.97. The fraction of sp³-hybridized carbons (Fsp3) is 0.600. The lowest BCUT2D eigenvalue weighted by Crippen LogP contribution is -2.44. The van der Waals surface area contributed by atoms with E-state index in [1.54, 1.807) is 17.7 Å². The van der Waals surface area contributed by atoms with Crippen LogP contribution in [0.15, 0.2) is 6.20 Å². The molecule has 0 saturated carbocycles. The smallest absolute Gasteiger partial charge is 0.167 e. The van der Waals surface area contributed by atoms with E-state index in [-0.39, 0.29) is 6.61 Å². The van der Waals surface area contributed by atoms with Crippen LogP contribution in [0.2, 0.25) is 0 Å². The van der Waals surface area contributed by atoms with Gasteiger partial charge in [0.1, 0.15) is 35.1 Å². The second-order valence-corrected chi connectivity index (χ2v) is 6.50. The highest BCUT2D eigenvalue weighted by atomic mass is 16.6. The third kappa shape index (κ3) is 2.09. The molecule has 9 heteroatoms. The minimum atomic E-state index is -1.56. The van der Waals surface area contributed by atoms with Crippen LogP contribution in [-0.2, 0) is 4.74 Å². The van der Waals surface area contributed by atoms with Gasteiger partial charge >= 0.3 is 0 Å². The quantitative estimate of drug-likeness (QED) is 0.501. The molecule has 0 bridgehead atoms. The van der Waals surface area contributed by atoms with E-state index < -0.39 is 24.0 Å². The topological polar surface area (TPSA) is 125 Å². The fourth-order valence-corrected chi connectivity index (χ4v) is 3.47. The number of nitrogens with zero attached hydrogens (tertiary/aromatic N) is 3. The Labute approximate surface area is 138 Å². The molecule has 1 unspecified atom stereocenters. The molecule has 5 N–H and O–H groups in total. The predicted molar refractivity (Wildman–Crippen MR) is 86.9 cm³/mol. The molecular weight excluding hydrogens is 314 g/mol. The summed E-state index contributed by atoms with van der Waals surface area (Å²) in [7, 11) is 0. The number of anilines is 2. The molecule has 4 heterocycles. The molecule has 0 aliphatic carbocycles. The second kappa shape index (κ2) is 5.28. The normalized spacial score (nSPS) is 32.5. The van der Waals surface area contributed by atoms with Crippen LogP contribution in [0.4, 0.5) is 11.5 Å². The van der Waals surface area contributed by atoms with Crippen molar-refractivity contribution < 1.29 is 20.1 Å². The number of aryl methyl sites for hydroxylation is 1. The predicted octanol–water partition coefficient (Wildman–Crippen LogP) is -0.421. The third-order valence-corrected chi connectivity index (χ3v) is 4.70. The SMILES string of the molecule is Cc1nc2c3c(cn(C4O[C@H](CO)[C@@H](O)[C@]4(C)O)c3n1)NCCN2. The highest BCUT2D eigenvalue weighted by molar-refractivity contribution is 5.99. The van der Waals surface area contributed by atoms with Crippen molar-refractivity contribution >= 4 is 22.5 Å². The van der Waals surface area contributed by atoms with Crippen molar-refractivity contribution in [1.29, 1.82) is 0 Å². The molecule has 2 aromatic heterocycles. The Balaban J connectivity index is 1.91. The molecule has 130 valence electrons. The van der Waals surface area contributed by atoms with Gasteiger partial charge in [-0.2, -0.15) is 0 Å². The zero-order valence-electron chi connectivity index (χ0n) is 13.5. The van der Waals surface area contributed by atoms with Gasteiger partial charge in [-0.3, -0.25) is 0 Å². The summed E-state index contributed by atoms with van der Waals surface area (Å²) in [6.45, 7) is 4.38. The summed E-state index contributed by atoms with van der Waals surface area (Å²) in [4.78, 5) is 8.95. The highest BCUT2D eigenvalue weighted by Gasteiger charge is 2.53. The molecule has 0 spiro atoms. The molecule has 9 nitrogen and oxygen atoms in total. The van der Waals surface area contributed by atoms with Gasteiger partial charge in [-0.25, -0.2) is 9.97 Å². The monoisotopic (exact) mass is 335 g/mol. The minimum Gasteiger partial charge on any atom is -0.394 e. The summed E-state index contributed by atoms with van der Waals surface area (Å²) in [5.41, 5.74) is -0.121. The number of hydrogen-bond donors (Lipinski definition) is 5. The number of aliphatic hydroxyl groups is 3. The first kappa shape index (κ1) is 15.6. The van der Waals surface area contributed by atoms with Crippen LogP contribution >= 0.6 is 0 Å². The molecule has 4 atom stereocenters. The maximum Gasteiger partial charge on any atom is 0.167 e. The molecule has 0 aromatic carbocycles. The van der Waals surface area contributed by atoms with Gasteiger partial charge in [-0.15, -0.1) is 0 Å². The summed E-state index contributed by atoms with van der Waals surface area (Å²) >= 11 is 0. The maximum atomic E-state index is 10.7. The van der Waals surface area contributed by atoms with E-state index in [9.17, 15) is 15.3 Å². The molecule has 1 saturated heterocycles. The molecule has 2 aromatic rings. The van der Waals surface area contributed by atoms with Crippen molar-refractivity contribution in [3.63, 3.8) is 0 Å². The van der Waals surface area contributed by atoms with Gasteiger partial charge in [0.15, 0.2) is 6.23 Å². The number of ether oxygens (including phenoxy) is 1. The lowest BCUT2D eigenvalue weighted by Gasteiger charge is -2.27. The van der Waals surface area contributed by atoms with E-state index in [1.165, 1.54) is 6.92 Å². The van der Waals surface area contributed by atoms with Crippen LogP contribution in [0.25, 0.3) is 11.0 Å². The van der Waals surface area contributed by atoms with Crippen molar-refractivity contribution in [3.05, 3.63) is 12.0 Å². The van der Waals surface area contributed by atoms with Crippen molar-refractivity contribution in [3.8, 4) is 0 Å². The number of rotatable bonds is 2. The van der Waals surface area contributed by atoms with Crippen molar-refractivity contribution in [2.75, 3.05) is 30.3 Å². The van der Waals surface area contributed by atoms with Crippen LogP contribution in [0, 0.1) is 6.92 Å². The van der Waals surface area contributed by atoms with Gasteiger partial charge in [-0.05, 0) is 13.8 Å². The van der Waals surface area contributed by atoms with Gasteiger partial charge in [0.2, 0.25) is 0 Å². The van der Waals surface area contributed by atoms with E-state index >= 15 is 0 Å². The maximum absolute atomic E-state index is 10.7. The lowest BCUT2D eigenvalue weighted by atomic mass is 9.96. The Hall–Kier alpha value is -1.94. The Morgan fingerprint density at radius 2 is 2.12 bits per heavy atom. The van der Waals surface area contributed by atoms with Gasteiger partial charge in [0.25, 0.3) is 0 Å². The number of aliphatic hydroxyl groups excluding tert-OH is 2. The minimum absolute atomic E-state index is 0.376. The van der Waals surface area contributed by atoms with Crippen LogP contribution < -0.4 is 10.6 Å². The number of nitrogens with one attached hydrogen (secondary N) is 2. The first-order valence-corrected chi connectivity index (χ1v) is 7.97. The largest absolute Gasteiger partial charge is 0.394 e. The Morgan fingerprint density at radius 3 is 2.83 bits per heavy atom. The molecule has 0 amide bonds. The Bertz CT molecular complexity index is 790. The van der Waals surface area contributed by atoms with Crippen LogP contribution in [0.3, 0.4) is 0 Å². The zero-order valence-corrected chi connectivity index (χ0v) is 13.5. The van der Waals surface area contributed by atoms with Crippen molar-refractivity contribution in [2.24, 2.45) is 0 Å². The summed E-state index contributed by atoms with van der Waals surface area (Å²) in [6.07, 6.45) is -1.12. The standard InChI is InChI=1S/C15H21N5O4/c1-7-18-12-10-8(16-3-4-17-12)5-20(13(10)19-7)14-15(2,23)11(22)9(6-21)24-14/h5,9,11,14,16,21-23H,3-4,6H2,1-2H3,(H,17,18,19)/t9-,11-,14?,15+/m1/s1. The average Bonchev–Trinajstić information content (AvgIpc) is 2.89. The van der Waals surface area contributed by atoms with Crippen molar-refractivity contribution in [1.82, 2.24) is 14.5 Å². The van der Waals surface area contributed by atoms with E-state index in [1.807, 2.05) is 0 Å². The van der Waals surface area contributed by atoms with Gasteiger partial charge < -0.3 is 35.3 Å². The fourth-order valence-electron chi connectivity index (χ4n) is 3.47. The number of hydrogen-bond acceptors (Lipinski definition) is 8. The van der Waals surface area contributed by atoms with E-state index in [2.05, 4.69) is 20.6 Å². The van der Waals surface area contributed by atoms with Crippen LogP contribution in [0.5, 0.6) is 0 Å². The molecule has 2 aliphatic heterocycles. The summed E-state index contributed by atoms with van der Waals surface area (Å²) in [5, 5.41) is 37.8. The summed E-state index contributed by atoms with van der Waals surface area (Å²) in [5.74, 6) is 1.32. The summed E-state index contributed by atoms with van der Waals surface area (Å²) in [6, 6.07) is 0. The van der Waals surface area contributed by atoms with E-state index in [4.69, 9.17) is 4.74 Å². The van der Waals surface area contributed by atoms with E-state index in [0.29, 0.717) is 11.5 Å². The molecule has 24 heavy (non-hydrogen) atoms. The third-order valence-electron chi connectivity index (χ3n) is 4.70. The van der Waals surface area contributed by atoms with Gasteiger partial charge in [-0.1, -0.05) is 0 Å². The molecular formula is C15H21N5O4. The molecule has 1 fully saturated rings. The Morgan fingerprint density at radius 1 is 1.38 bits per heavy atom. The zero-order chi connectivity index (χ0) is 17.1. The first-order chi connectivity index (χ1) is 11.4. The number of aromatic nitrogens is 3. The molecule has 0 radical (unpaired) electrons. The average molecular weight is 335 g/mol. The second-order valence-electron chi connectivity index (χ2n) is 6.50. The molecule has 2 aliphatic rings. The lowest BCUT2D eigenvalue weighted by molar-refractivity contribution is -0.0948. The molecule has 4 rings (SSSR count). The van der Waals surface area contributed by atoms with E-state index in [0.717, 1.165) is 30.0 Å². The van der Waals surface area contributed by atoms with Gasteiger partial charge in [0.05, 0.1) is 17.7 Å². The Kier molecular flexibility index (Phi) is 3.43. The van der Waals surface area contributed by atoms with Crippen molar-refractivity contribution in [2.45, 2.75) is 37.9 Å². The van der Waals surface area contributed by atoms with Crippen LogP contribution in [-0.4, -0.2) is 67.4 Å². The summed E-state index contributed by atoms with van der Waals surface area (Å²) < 4.78 is 7.42.